The van der Waals surface area contributed by atoms with Crippen LogP contribution in [0.15, 0.2) is 30.3 Å². The van der Waals surface area contributed by atoms with Gasteiger partial charge in [0.25, 0.3) is 0 Å². The lowest BCUT2D eigenvalue weighted by Gasteiger charge is -2.12. The second kappa shape index (κ2) is 4.91. The molecule has 0 heterocycles. The number of hydrogen-bond acceptors (Lipinski definition) is 2. The first kappa shape index (κ1) is 9.23. The summed E-state index contributed by atoms with van der Waals surface area (Å²) in [5, 5.41) is 12.0. The van der Waals surface area contributed by atoms with Gasteiger partial charge < -0.3 is 10.4 Å². The summed E-state index contributed by atoms with van der Waals surface area (Å²) in [5.74, 6) is 0. The zero-order chi connectivity index (χ0) is 8.81. The molecule has 0 aliphatic rings. The van der Waals surface area contributed by atoms with Crippen molar-refractivity contribution >= 4 is 0 Å². The number of hydrogen-bond donors (Lipinski definition) is 2. The van der Waals surface area contributed by atoms with Gasteiger partial charge in [-0.15, -0.1) is 0 Å². The van der Waals surface area contributed by atoms with Crippen LogP contribution in [0.1, 0.15) is 5.56 Å². The smallest absolute Gasteiger partial charge is 0.0587 e. The van der Waals surface area contributed by atoms with Crippen molar-refractivity contribution in [2.75, 3.05) is 13.7 Å². The Morgan fingerprint density at radius 1 is 1.33 bits per heavy atom. The van der Waals surface area contributed by atoms with Gasteiger partial charge in [-0.05, 0) is 19.0 Å². The van der Waals surface area contributed by atoms with Crippen LogP contribution in [0, 0.1) is 0 Å². The maximum absolute atomic E-state index is 8.92. The summed E-state index contributed by atoms with van der Waals surface area (Å²) >= 11 is 0. The molecule has 0 saturated heterocycles. The second-order valence-corrected chi connectivity index (χ2v) is 2.86. The topological polar surface area (TPSA) is 32.3 Å². The number of aliphatic hydroxyl groups excluding tert-OH is 1. The molecule has 1 atom stereocenters. The van der Waals surface area contributed by atoms with E-state index in [9.17, 15) is 0 Å². The van der Waals surface area contributed by atoms with Gasteiger partial charge in [0.2, 0.25) is 0 Å². The molecular weight excluding hydrogens is 150 g/mol. The van der Waals surface area contributed by atoms with Crippen molar-refractivity contribution in [2.24, 2.45) is 0 Å². The molecule has 1 aromatic carbocycles. The highest BCUT2D eigenvalue weighted by Gasteiger charge is 2.03. The fourth-order valence-electron chi connectivity index (χ4n) is 1.16. The summed E-state index contributed by atoms with van der Waals surface area (Å²) in [7, 11) is 1.86. The molecule has 12 heavy (non-hydrogen) atoms. The van der Waals surface area contributed by atoms with E-state index in [1.54, 1.807) is 0 Å². The molecule has 0 aromatic heterocycles. The zero-order valence-corrected chi connectivity index (χ0v) is 7.33. The average Bonchev–Trinajstić information content (AvgIpc) is 2.16. The third kappa shape index (κ3) is 2.64. The van der Waals surface area contributed by atoms with Crippen LogP contribution in [0.3, 0.4) is 0 Å². The van der Waals surface area contributed by atoms with E-state index >= 15 is 0 Å². The van der Waals surface area contributed by atoms with Gasteiger partial charge in [-0.1, -0.05) is 30.3 Å². The van der Waals surface area contributed by atoms with E-state index in [1.807, 2.05) is 25.2 Å². The van der Waals surface area contributed by atoms with E-state index < -0.39 is 0 Å². The fourth-order valence-corrected chi connectivity index (χ4v) is 1.16. The Hall–Kier alpha value is -0.860. The highest BCUT2D eigenvalue weighted by atomic mass is 16.3. The summed E-state index contributed by atoms with van der Waals surface area (Å²) in [6, 6.07) is 10.3. The first-order valence-electron chi connectivity index (χ1n) is 4.19. The molecule has 0 aliphatic carbocycles. The Morgan fingerprint density at radius 2 is 2.00 bits per heavy atom. The van der Waals surface area contributed by atoms with Crippen LogP contribution in [0.4, 0.5) is 0 Å². The summed E-state index contributed by atoms with van der Waals surface area (Å²) in [6.07, 6.45) is 0.883. The Labute approximate surface area is 73.2 Å². The zero-order valence-electron chi connectivity index (χ0n) is 7.33. The van der Waals surface area contributed by atoms with Crippen molar-refractivity contribution in [3.63, 3.8) is 0 Å². The Balaban J connectivity index is 2.51. The van der Waals surface area contributed by atoms with E-state index in [-0.39, 0.29) is 12.6 Å². The highest BCUT2D eigenvalue weighted by Crippen LogP contribution is 2.01. The first-order valence-corrected chi connectivity index (χ1v) is 4.19. The third-order valence-electron chi connectivity index (χ3n) is 1.95. The standard InChI is InChI=1S/C10H15NO/c1-11-10(8-12)7-9-5-3-2-4-6-9/h2-6,10-12H,7-8H2,1H3/t10-/m0/s1. The van der Waals surface area contributed by atoms with E-state index in [0.29, 0.717) is 0 Å². The quantitative estimate of drug-likeness (QED) is 0.692. The lowest BCUT2D eigenvalue weighted by Crippen LogP contribution is -2.31. The minimum Gasteiger partial charge on any atom is -0.395 e. The number of nitrogens with one attached hydrogen (secondary N) is 1. The van der Waals surface area contributed by atoms with E-state index in [0.717, 1.165) is 6.42 Å². The minimum atomic E-state index is 0.174. The van der Waals surface area contributed by atoms with Crippen molar-refractivity contribution in [3.05, 3.63) is 35.9 Å². The summed E-state index contributed by atoms with van der Waals surface area (Å²) < 4.78 is 0. The Kier molecular flexibility index (Phi) is 3.77. The van der Waals surface area contributed by atoms with Crippen LogP contribution in [0.2, 0.25) is 0 Å². The monoisotopic (exact) mass is 165 g/mol. The first-order chi connectivity index (χ1) is 5.86. The van der Waals surface area contributed by atoms with Crippen molar-refractivity contribution in [3.8, 4) is 0 Å². The van der Waals surface area contributed by atoms with E-state index in [1.165, 1.54) is 5.56 Å². The molecule has 1 aromatic rings. The second-order valence-electron chi connectivity index (χ2n) is 2.86. The van der Waals surface area contributed by atoms with Crippen molar-refractivity contribution in [1.82, 2.24) is 5.32 Å². The van der Waals surface area contributed by atoms with Gasteiger partial charge in [-0.3, -0.25) is 0 Å². The molecule has 0 bridgehead atoms. The van der Waals surface area contributed by atoms with Gasteiger partial charge in [0.15, 0.2) is 0 Å². The summed E-state index contributed by atoms with van der Waals surface area (Å²) in [5.41, 5.74) is 1.26. The van der Waals surface area contributed by atoms with E-state index in [4.69, 9.17) is 5.11 Å². The maximum atomic E-state index is 8.92. The largest absolute Gasteiger partial charge is 0.395 e. The predicted molar refractivity (Wildman–Crippen MR) is 50.1 cm³/mol. The molecule has 0 unspecified atom stereocenters. The predicted octanol–water partition coefficient (Wildman–Crippen LogP) is 0.809. The molecular formula is C10H15NO. The van der Waals surface area contributed by atoms with Crippen LogP contribution in [-0.4, -0.2) is 24.8 Å². The lowest BCUT2D eigenvalue weighted by atomic mass is 10.1. The van der Waals surface area contributed by atoms with Gasteiger partial charge in [0.05, 0.1) is 6.61 Å². The number of benzene rings is 1. The molecule has 0 fully saturated rings. The Bertz CT molecular complexity index is 206. The molecule has 2 N–H and O–H groups in total. The van der Waals surface area contributed by atoms with Gasteiger partial charge in [-0.25, -0.2) is 0 Å². The maximum Gasteiger partial charge on any atom is 0.0587 e. The molecule has 0 spiro atoms. The SMILES string of the molecule is CN[C@H](CO)Cc1ccccc1. The molecule has 0 radical (unpaired) electrons. The van der Waals surface area contributed by atoms with Crippen LogP contribution in [0.25, 0.3) is 0 Å². The van der Waals surface area contributed by atoms with Crippen LogP contribution >= 0.6 is 0 Å². The normalized spacial score (nSPS) is 12.8. The molecule has 0 aliphatic heterocycles. The number of rotatable bonds is 4. The molecule has 2 heteroatoms. The highest BCUT2D eigenvalue weighted by molar-refractivity contribution is 5.15. The van der Waals surface area contributed by atoms with Crippen LogP contribution in [0.5, 0.6) is 0 Å². The van der Waals surface area contributed by atoms with Gasteiger partial charge in [-0.2, -0.15) is 0 Å². The minimum absolute atomic E-state index is 0.174. The molecule has 66 valence electrons. The third-order valence-corrected chi connectivity index (χ3v) is 1.95. The number of likely N-dealkylation sites (N-methyl/N-ethyl adjacent to an activating group) is 1. The van der Waals surface area contributed by atoms with E-state index in [2.05, 4.69) is 17.4 Å². The molecule has 2 nitrogen and oxygen atoms in total. The van der Waals surface area contributed by atoms with Crippen LogP contribution < -0.4 is 5.32 Å². The molecule has 0 amide bonds. The van der Waals surface area contributed by atoms with Crippen LogP contribution in [-0.2, 0) is 6.42 Å². The average molecular weight is 165 g/mol. The van der Waals surface area contributed by atoms with Crippen molar-refractivity contribution < 1.29 is 5.11 Å². The van der Waals surface area contributed by atoms with Gasteiger partial charge in [0, 0.05) is 6.04 Å². The Morgan fingerprint density at radius 3 is 2.50 bits per heavy atom. The van der Waals surface area contributed by atoms with Gasteiger partial charge in [0.1, 0.15) is 0 Å². The fraction of sp³-hybridized carbons (Fsp3) is 0.400. The summed E-state index contributed by atoms with van der Waals surface area (Å²) in [4.78, 5) is 0. The van der Waals surface area contributed by atoms with Gasteiger partial charge >= 0.3 is 0 Å². The lowest BCUT2D eigenvalue weighted by molar-refractivity contribution is 0.248. The summed E-state index contributed by atoms with van der Waals surface area (Å²) in [6.45, 7) is 0.186. The van der Waals surface area contributed by atoms with Crippen molar-refractivity contribution in [2.45, 2.75) is 12.5 Å². The number of aliphatic hydroxyl groups is 1. The molecule has 0 saturated carbocycles. The van der Waals surface area contributed by atoms with Crippen molar-refractivity contribution in [1.29, 1.82) is 0 Å². The molecule has 1 rings (SSSR count).